The van der Waals surface area contributed by atoms with Crippen LogP contribution in [0.1, 0.15) is 30.9 Å². The van der Waals surface area contributed by atoms with E-state index in [-0.39, 0.29) is 34.7 Å². The molecular formula is C26H27ClFN7O2. The highest BCUT2D eigenvalue weighted by Gasteiger charge is 2.43. The molecule has 2 aliphatic rings. The Labute approximate surface area is 219 Å². The van der Waals surface area contributed by atoms with E-state index in [0.29, 0.717) is 43.5 Å². The van der Waals surface area contributed by atoms with Crippen molar-refractivity contribution in [3.05, 3.63) is 58.9 Å². The number of unbranched alkanes of at least 4 members (excludes halogenated alkanes) is 1. The molecule has 2 atom stereocenters. The summed E-state index contributed by atoms with van der Waals surface area (Å²) in [6.45, 7) is 4.41. The zero-order chi connectivity index (χ0) is 25.8. The number of ether oxygens (including phenoxy) is 2. The average Bonchev–Trinajstić information content (AvgIpc) is 2.91. The summed E-state index contributed by atoms with van der Waals surface area (Å²) in [5.74, 6) is -0.227. The van der Waals surface area contributed by atoms with Crippen molar-refractivity contribution in [1.29, 1.82) is 5.26 Å². The van der Waals surface area contributed by atoms with Gasteiger partial charge in [-0.3, -0.25) is 0 Å². The molecule has 2 aromatic heterocycles. The maximum absolute atomic E-state index is 15.4. The molecule has 0 aliphatic carbocycles. The summed E-state index contributed by atoms with van der Waals surface area (Å²) in [5, 5.41) is 12.2. The SMILES string of the molecule is CCCCc1cnc(N2CC3COCC(C2)C3Oc2ncnc(Nc3ccc(C#N)cc3Cl)c2F)nc1. The number of hydrogen-bond acceptors (Lipinski definition) is 9. The van der Waals surface area contributed by atoms with Crippen molar-refractivity contribution >= 4 is 29.1 Å². The van der Waals surface area contributed by atoms with Gasteiger partial charge in [-0.15, -0.1) is 0 Å². The monoisotopic (exact) mass is 523 g/mol. The molecule has 4 heterocycles. The van der Waals surface area contributed by atoms with Crippen molar-refractivity contribution < 1.29 is 13.9 Å². The Morgan fingerprint density at radius 1 is 1.19 bits per heavy atom. The maximum Gasteiger partial charge on any atom is 0.256 e. The first-order valence-corrected chi connectivity index (χ1v) is 12.7. The lowest BCUT2D eigenvalue weighted by atomic mass is 9.84. The first kappa shape index (κ1) is 25.1. The Bertz CT molecular complexity index is 1270. The second-order valence-electron chi connectivity index (χ2n) is 9.31. The molecule has 0 amide bonds. The Morgan fingerprint density at radius 3 is 2.62 bits per heavy atom. The van der Waals surface area contributed by atoms with E-state index in [9.17, 15) is 0 Å². The lowest BCUT2D eigenvalue weighted by molar-refractivity contribution is -0.0780. The molecule has 1 N–H and O–H groups in total. The van der Waals surface area contributed by atoms with Gasteiger partial charge in [-0.2, -0.15) is 14.6 Å². The third kappa shape index (κ3) is 5.58. The fourth-order valence-corrected chi connectivity index (χ4v) is 4.97. The van der Waals surface area contributed by atoms with Crippen LogP contribution >= 0.6 is 11.6 Å². The van der Waals surface area contributed by atoms with Gasteiger partial charge in [0.15, 0.2) is 5.82 Å². The molecule has 2 saturated heterocycles. The van der Waals surface area contributed by atoms with Crippen LogP contribution in [0.4, 0.5) is 21.8 Å². The van der Waals surface area contributed by atoms with E-state index in [1.54, 1.807) is 12.1 Å². The minimum absolute atomic E-state index is 0.00499. The first-order chi connectivity index (χ1) is 18.1. The first-order valence-electron chi connectivity index (χ1n) is 12.3. The molecule has 1 aromatic carbocycles. The minimum Gasteiger partial charge on any atom is -0.471 e. The third-order valence-corrected chi connectivity index (χ3v) is 6.97. The van der Waals surface area contributed by atoms with Gasteiger partial charge < -0.3 is 19.7 Å². The van der Waals surface area contributed by atoms with Crippen LogP contribution in [0.2, 0.25) is 5.02 Å². The minimum atomic E-state index is -0.713. The lowest BCUT2D eigenvalue weighted by Gasteiger charge is -2.46. The molecule has 3 aromatic rings. The largest absolute Gasteiger partial charge is 0.471 e. The highest BCUT2D eigenvalue weighted by Crippen LogP contribution is 2.34. The van der Waals surface area contributed by atoms with Crippen LogP contribution in [0.3, 0.4) is 0 Å². The van der Waals surface area contributed by atoms with Gasteiger partial charge in [-0.1, -0.05) is 24.9 Å². The fourth-order valence-electron chi connectivity index (χ4n) is 4.74. The molecule has 2 fully saturated rings. The summed E-state index contributed by atoms with van der Waals surface area (Å²) in [4.78, 5) is 19.4. The number of piperidine rings is 1. The molecule has 0 saturated carbocycles. The molecule has 2 unspecified atom stereocenters. The van der Waals surface area contributed by atoms with E-state index in [1.165, 1.54) is 12.4 Å². The van der Waals surface area contributed by atoms with Gasteiger partial charge in [0, 0.05) is 37.3 Å². The molecule has 9 nitrogen and oxygen atoms in total. The number of nitrogens with one attached hydrogen (secondary N) is 1. The van der Waals surface area contributed by atoms with Crippen LogP contribution in [0, 0.1) is 29.0 Å². The van der Waals surface area contributed by atoms with E-state index >= 15 is 4.39 Å². The summed E-state index contributed by atoms with van der Waals surface area (Å²) in [7, 11) is 0. The summed E-state index contributed by atoms with van der Waals surface area (Å²) < 4.78 is 27.3. The zero-order valence-electron chi connectivity index (χ0n) is 20.4. The van der Waals surface area contributed by atoms with Crippen LogP contribution in [-0.2, 0) is 11.2 Å². The standard InChI is InChI=1S/C26H27ClFN7O2/c1-2-3-4-17-9-30-26(31-10-17)35-11-18-13-36-14-19(12-35)23(18)37-25-22(28)24(32-15-33-25)34-21-6-5-16(8-29)7-20(21)27/h5-7,9-10,15,18-19,23H,2-4,11-14H2,1H3,(H,32,33,34). The Kier molecular flexibility index (Phi) is 7.63. The topological polar surface area (TPSA) is 109 Å². The van der Waals surface area contributed by atoms with Gasteiger partial charge in [-0.25, -0.2) is 15.0 Å². The highest BCUT2D eigenvalue weighted by atomic mass is 35.5. The molecule has 11 heteroatoms. The number of rotatable bonds is 8. The molecule has 2 aliphatic heterocycles. The summed E-state index contributed by atoms with van der Waals surface area (Å²) in [6, 6.07) is 6.69. The number of anilines is 3. The molecule has 192 valence electrons. The number of hydrogen-bond donors (Lipinski definition) is 1. The van der Waals surface area contributed by atoms with E-state index in [4.69, 9.17) is 26.3 Å². The van der Waals surface area contributed by atoms with Gasteiger partial charge in [0.25, 0.3) is 5.88 Å². The highest BCUT2D eigenvalue weighted by molar-refractivity contribution is 6.33. The van der Waals surface area contributed by atoms with Gasteiger partial charge in [-0.05, 0) is 36.6 Å². The van der Waals surface area contributed by atoms with Crippen molar-refractivity contribution in [3.63, 3.8) is 0 Å². The predicted octanol–water partition coefficient (Wildman–Crippen LogP) is 4.55. The molecule has 5 rings (SSSR count). The Hall–Kier alpha value is -3.55. The van der Waals surface area contributed by atoms with Crippen molar-refractivity contribution in [2.24, 2.45) is 11.8 Å². The molecule has 37 heavy (non-hydrogen) atoms. The number of aryl methyl sites for hydroxylation is 1. The van der Waals surface area contributed by atoms with Gasteiger partial charge in [0.1, 0.15) is 12.4 Å². The van der Waals surface area contributed by atoms with Crippen LogP contribution in [0.15, 0.2) is 36.9 Å². The van der Waals surface area contributed by atoms with Gasteiger partial charge in [0.05, 0.1) is 35.6 Å². The van der Waals surface area contributed by atoms with Crippen molar-refractivity contribution in [2.45, 2.75) is 32.3 Å². The number of nitrogens with zero attached hydrogens (tertiary/aromatic N) is 6. The lowest BCUT2D eigenvalue weighted by Crippen LogP contribution is -2.58. The van der Waals surface area contributed by atoms with Crippen LogP contribution in [0.25, 0.3) is 0 Å². The van der Waals surface area contributed by atoms with E-state index in [2.05, 4.69) is 37.1 Å². The maximum atomic E-state index is 15.4. The van der Waals surface area contributed by atoms with Crippen LogP contribution in [0.5, 0.6) is 5.88 Å². The van der Waals surface area contributed by atoms with Crippen molar-refractivity contribution in [2.75, 3.05) is 36.5 Å². The number of fused-ring (bicyclic) bond motifs is 2. The fraction of sp³-hybridized carbons (Fsp3) is 0.423. The predicted molar refractivity (Wildman–Crippen MR) is 137 cm³/mol. The molecule has 0 radical (unpaired) electrons. The normalized spacial score (nSPS) is 20.8. The van der Waals surface area contributed by atoms with Crippen molar-refractivity contribution in [3.8, 4) is 11.9 Å². The van der Waals surface area contributed by atoms with E-state index < -0.39 is 5.82 Å². The number of halogens is 2. The van der Waals surface area contributed by atoms with Crippen molar-refractivity contribution in [1.82, 2.24) is 19.9 Å². The molecule has 0 spiro atoms. The molecular weight excluding hydrogens is 497 g/mol. The third-order valence-electron chi connectivity index (χ3n) is 6.65. The molecule has 2 bridgehead atoms. The Balaban J connectivity index is 1.29. The quantitative estimate of drug-likeness (QED) is 0.454. The van der Waals surface area contributed by atoms with Gasteiger partial charge >= 0.3 is 0 Å². The Morgan fingerprint density at radius 2 is 1.95 bits per heavy atom. The van der Waals surface area contributed by atoms with Gasteiger partial charge in [0.2, 0.25) is 11.8 Å². The second kappa shape index (κ2) is 11.2. The number of benzene rings is 1. The van der Waals surface area contributed by atoms with Crippen LogP contribution < -0.4 is 15.0 Å². The van der Waals surface area contributed by atoms with E-state index in [1.807, 2.05) is 18.5 Å². The smallest absolute Gasteiger partial charge is 0.256 e. The number of aromatic nitrogens is 4. The zero-order valence-corrected chi connectivity index (χ0v) is 21.2. The van der Waals surface area contributed by atoms with Crippen LogP contribution in [-0.4, -0.2) is 52.3 Å². The summed E-state index contributed by atoms with van der Waals surface area (Å²) >= 11 is 6.23. The second-order valence-corrected chi connectivity index (χ2v) is 9.72. The summed E-state index contributed by atoms with van der Waals surface area (Å²) in [6.07, 6.45) is 7.99. The summed E-state index contributed by atoms with van der Waals surface area (Å²) in [5.41, 5.74) is 1.96. The average molecular weight is 524 g/mol. The number of nitriles is 1. The van der Waals surface area contributed by atoms with E-state index in [0.717, 1.165) is 24.8 Å².